The van der Waals surface area contributed by atoms with Crippen LogP contribution in [0.4, 0.5) is 11.4 Å². The summed E-state index contributed by atoms with van der Waals surface area (Å²) >= 11 is 6.36. The van der Waals surface area contributed by atoms with Crippen LogP contribution < -0.4 is 9.62 Å². The molecule has 34 heavy (non-hydrogen) atoms. The molecular formula is C26H25ClN4O2S. The largest absolute Gasteiger partial charge is 0.322 e. The van der Waals surface area contributed by atoms with Gasteiger partial charge in [-0.05, 0) is 48.9 Å². The SMILES string of the molecule is CC.Cc1ccc(NC(=O)c2ccc(N3CCS3=O)cc2Cl)cc1-c1ncc2ccccc2n1. The standard InChI is InChI=1S/C24H19ClN4O2S.C2H6/c1-15-6-7-17(12-20(15)23-26-14-16-4-2-3-5-22(16)28-23)27-24(30)19-9-8-18(13-21(19)25)29-10-11-32(29)31;1-2/h2-9,12-14H,10-11H2,1H3,(H,27,30);1-2H3. The molecule has 6 nitrogen and oxygen atoms in total. The first-order chi connectivity index (χ1) is 16.5. The number of carbonyl (C=O) groups excluding carboxylic acids is 1. The summed E-state index contributed by atoms with van der Waals surface area (Å²) in [6, 6.07) is 18.5. The second kappa shape index (κ2) is 10.3. The van der Waals surface area contributed by atoms with Crippen molar-refractivity contribution >= 4 is 50.8 Å². The molecule has 0 radical (unpaired) electrons. The predicted octanol–water partition coefficient (Wildman–Crippen LogP) is 6.02. The van der Waals surface area contributed by atoms with Gasteiger partial charge in [-0.25, -0.2) is 14.2 Å². The third-order valence-corrected chi connectivity index (χ3v) is 7.15. The lowest BCUT2D eigenvalue weighted by atomic mass is 10.1. The Kier molecular flexibility index (Phi) is 7.24. The Bertz CT molecular complexity index is 1390. The number of aryl methyl sites for hydroxylation is 1. The number of aromatic nitrogens is 2. The molecule has 1 fully saturated rings. The van der Waals surface area contributed by atoms with Gasteiger partial charge in [-0.2, -0.15) is 0 Å². The molecule has 1 saturated heterocycles. The van der Waals surface area contributed by atoms with E-state index in [0.29, 0.717) is 27.9 Å². The van der Waals surface area contributed by atoms with Crippen LogP contribution in [0, 0.1) is 6.92 Å². The zero-order chi connectivity index (χ0) is 24.2. The molecule has 1 aromatic heterocycles. The van der Waals surface area contributed by atoms with Crippen molar-refractivity contribution in [3.63, 3.8) is 0 Å². The normalized spacial score (nSPS) is 14.7. The number of amides is 1. The number of hydrogen-bond donors (Lipinski definition) is 1. The molecule has 1 atom stereocenters. The molecule has 1 aliphatic heterocycles. The van der Waals surface area contributed by atoms with Gasteiger partial charge in [-0.3, -0.25) is 9.10 Å². The van der Waals surface area contributed by atoms with Crippen LogP contribution in [0.25, 0.3) is 22.3 Å². The number of para-hydroxylation sites is 1. The third-order valence-electron chi connectivity index (χ3n) is 5.43. The van der Waals surface area contributed by atoms with Crippen molar-refractivity contribution in [1.29, 1.82) is 0 Å². The zero-order valence-corrected chi connectivity index (χ0v) is 20.8. The number of nitrogens with one attached hydrogen (secondary N) is 1. The highest BCUT2D eigenvalue weighted by atomic mass is 35.5. The van der Waals surface area contributed by atoms with Gasteiger partial charge < -0.3 is 5.32 Å². The first kappa shape index (κ1) is 23.9. The lowest BCUT2D eigenvalue weighted by Crippen LogP contribution is -2.42. The smallest absolute Gasteiger partial charge is 0.257 e. The number of benzene rings is 3. The summed E-state index contributed by atoms with van der Waals surface area (Å²) in [5.74, 6) is 0.930. The first-order valence-electron chi connectivity index (χ1n) is 11.1. The number of carbonyl (C=O) groups is 1. The fourth-order valence-corrected chi connectivity index (χ4v) is 4.71. The molecule has 8 heteroatoms. The van der Waals surface area contributed by atoms with E-state index in [1.807, 2.05) is 63.2 Å². The molecule has 1 N–H and O–H groups in total. The van der Waals surface area contributed by atoms with E-state index in [1.165, 1.54) is 0 Å². The molecule has 0 bridgehead atoms. The van der Waals surface area contributed by atoms with Gasteiger partial charge in [-0.15, -0.1) is 0 Å². The number of anilines is 2. The van der Waals surface area contributed by atoms with Crippen molar-refractivity contribution in [2.75, 3.05) is 21.9 Å². The fourth-order valence-electron chi connectivity index (χ4n) is 3.59. The van der Waals surface area contributed by atoms with Crippen molar-refractivity contribution < 1.29 is 9.00 Å². The quantitative estimate of drug-likeness (QED) is 0.378. The molecule has 2 heterocycles. The van der Waals surface area contributed by atoms with E-state index in [9.17, 15) is 9.00 Å². The number of nitrogens with zero attached hydrogens (tertiary/aromatic N) is 3. The van der Waals surface area contributed by atoms with E-state index >= 15 is 0 Å². The van der Waals surface area contributed by atoms with Crippen LogP contribution in [-0.2, 0) is 11.0 Å². The van der Waals surface area contributed by atoms with E-state index in [0.717, 1.165) is 34.3 Å². The first-order valence-corrected chi connectivity index (χ1v) is 12.7. The molecule has 0 spiro atoms. The summed E-state index contributed by atoms with van der Waals surface area (Å²) in [7, 11) is -1.01. The number of halogens is 1. The van der Waals surface area contributed by atoms with E-state index < -0.39 is 11.0 Å². The van der Waals surface area contributed by atoms with Gasteiger partial charge in [0.2, 0.25) is 0 Å². The lowest BCUT2D eigenvalue weighted by Gasteiger charge is -2.31. The lowest BCUT2D eigenvalue weighted by molar-refractivity contribution is 0.102. The molecule has 0 saturated carbocycles. The summed E-state index contributed by atoms with van der Waals surface area (Å²) in [4.78, 5) is 22.0. The second-order valence-corrected chi connectivity index (χ2v) is 9.43. The Morgan fingerprint density at radius 3 is 2.59 bits per heavy atom. The average molecular weight is 493 g/mol. The second-order valence-electron chi connectivity index (χ2n) is 7.53. The van der Waals surface area contributed by atoms with Crippen LogP contribution in [-0.4, -0.2) is 32.4 Å². The highest BCUT2D eigenvalue weighted by Gasteiger charge is 2.25. The Hall–Kier alpha value is -3.29. The summed E-state index contributed by atoms with van der Waals surface area (Å²) < 4.78 is 13.5. The molecule has 1 aliphatic rings. The molecular weight excluding hydrogens is 468 g/mol. The van der Waals surface area contributed by atoms with Gasteiger partial charge in [0.15, 0.2) is 5.82 Å². The number of fused-ring (bicyclic) bond motifs is 1. The van der Waals surface area contributed by atoms with Crippen molar-refractivity contribution in [3.05, 3.63) is 83.0 Å². The van der Waals surface area contributed by atoms with Crippen LogP contribution >= 0.6 is 11.6 Å². The van der Waals surface area contributed by atoms with Gasteiger partial charge in [-0.1, -0.05) is 49.7 Å². The minimum atomic E-state index is -1.01. The Labute approximate surface area is 206 Å². The van der Waals surface area contributed by atoms with Crippen molar-refractivity contribution in [2.24, 2.45) is 0 Å². The average Bonchev–Trinajstić information content (AvgIpc) is 2.85. The maximum atomic E-state index is 12.9. The third kappa shape index (κ3) is 4.81. The fraction of sp³-hybridized carbons (Fsp3) is 0.192. The summed E-state index contributed by atoms with van der Waals surface area (Å²) in [5, 5.41) is 4.19. The van der Waals surface area contributed by atoms with Crippen molar-refractivity contribution in [1.82, 2.24) is 9.97 Å². The van der Waals surface area contributed by atoms with Gasteiger partial charge in [0.05, 0.1) is 27.5 Å². The minimum Gasteiger partial charge on any atom is -0.322 e. The van der Waals surface area contributed by atoms with E-state index in [-0.39, 0.29) is 5.91 Å². The molecule has 174 valence electrons. The monoisotopic (exact) mass is 492 g/mol. The molecule has 1 amide bonds. The van der Waals surface area contributed by atoms with Gasteiger partial charge in [0.1, 0.15) is 11.0 Å². The van der Waals surface area contributed by atoms with E-state index in [1.54, 1.807) is 28.7 Å². The number of rotatable bonds is 4. The summed E-state index contributed by atoms with van der Waals surface area (Å²) in [5.41, 5.74) is 4.43. The van der Waals surface area contributed by atoms with Crippen molar-refractivity contribution in [2.45, 2.75) is 20.8 Å². The van der Waals surface area contributed by atoms with E-state index in [4.69, 9.17) is 11.6 Å². The van der Waals surface area contributed by atoms with Gasteiger partial charge >= 0.3 is 0 Å². The highest BCUT2D eigenvalue weighted by molar-refractivity contribution is 7.88. The predicted molar refractivity (Wildman–Crippen MR) is 141 cm³/mol. The Morgan fingerprint density at radius 1 is 1.09 bits per heavy atom. The van der Waals surface area contributed by atoms with E-state index in [2.05, 4.69) is 15.3 Å². The Balaban J connectivity index is 0.00000133. The maximum Gasteiger partial charge on any atom is 0.257 e. The van der Waals surface area contributed by atoms with Crippen LogP contribution in [0.15, 0.2) is 66.9 Å². The molecule has 3 aromatic carbocycles. The summed E-state index contributed by atoms with van der Waals surface area (Å²) in [6.07, 6.45) is 1.80. The molecule has 1 unspecified atom stereocenters. The van der Waals surface area contributed by atoms with Crippen LogP contribution in [0.1, 0.15) is 29.8 Å². The highest BCUT2D eigenvalue weighted by Crippen LogP contribution is 2.29. The van der Waals surface area contributed by atoms with Crippen LogP contribution in [0.2, 0.25) is 5.02 Å². The van der Waals surface area contributed by atoms with Gasteiger partial charge in [0, 0.05) is 29.4 Å². The Morgan fingerprint density at radius 2 is 1.88 bits per heavy atom. The zero-order valence-electron chi connectivity index (χ0n) is 19.2. The summed E-state index contributed by atoms with van der Waals surface area (Å²) in [6.45, 7) is 6.70. The van der Waals surface area contributed by atoms with Crippen molar-refractivity contribution in [3.8, 4) is 11.4 Å². The number of hydrogen-bond acceptors (Lipinski definition) is 4. The minimum absolute atomic E-state index is 0.314. The molecule has 4 aromatic rings. The van der Waals surface area contributed by atoms with Crippen LogP contribution in [0.3, 0.4) is 0 Å². The molecule has 0 aliphatic carbocycles. The maximum absolute atomic E-state index is 12.9. The molecule has 5 rings (SSSR count). The van der Waals surface area contributed by atoms with Crippen LogP contribution in [0.5, 0.6) is 0 Å². The topological polar surface area (TPSA) is 75.2 Å². The van der Waals surface area contributed by atoms with Gasteiger partial charge in [0.25, 0.3) is 5.91 Å².